The Bertz CT molecular complexity index is 1790. The van der Waals surface area contributed by atoms with Gasteiger partial charge < -0.3 is 20.9 Å². The van der Waals surface area contributed by atoms with Gasteiger partial charge in [-0.3, -0.25) is 9.78 Å². The number of nitrogens with one attached hydrogen (secondary N) is 2. The van der Waals surface area contributed by atoms with E-state index in [1.165, 1.54) is 30.0 Å². The van der Waals surface area contributed by atoms with Gasteiger partial charge in [0, 0.05) is 45.9 Å². The topological polar surface area (TPSA) is 85.0 Å². The van der Waals surface area contributed by atoms with E-state index in [0.717, 1.165) is 57.3 Å². The van der Waals surface area contributed by atoms with Crippen molar-refractivity contribution in [2.75, 3.05) is 0 Å². The molecule has 1 saturated carbocycles. The summed E-state index contributed by atoms with van der Waals surface area (Å²) in [4.78, 5) is 17.1. The number of aromatic nitrogens is 2. The zero-order valence-corrected chi connectivity index (χ0v) is 21.7. The number of carbonyl (C=O) groups is 1. The molecule has 5 aromatic rings. The number of dihydropyridines is 1. The number of fused-ring (bicyclic) bond motifs is 4. The molecule has 0 bridgehead atoms. The van der Waals surface area contributed by atoms with Gasteiger partial charge in [0.15, 0.2) is 0 Å². The first kappa shape index (κ1) is 23.5. The first-order valence-electron chi connectivity index (χ1n) is 13.8. The van der Waals surface area contributed by atoms with Gasteiger partial charge in [0.25, 0.3) is 0 Å². The van der Waals surface area contributed by atoms with Crippen molar-refractivity contribution in [3.8, 4) is 11.1 Å². The van der Waals surface area contributed by atoms with Crippen LogP contribution in [0.3, 0.4) is 0 Å². The molecule has 7 rings (SSSR count). The molecule has 194 valence electrons. The smallest absolute Gasteiger partial charge is 0.246 e. The Hall–Kier alpha value is -4.58. The molecular weight excluding hydrogens is 482 g/mol. The third kappa shape index (κ3) is 4.13. The van der Waals surface area contributed by atoms with Crippen LogP contribution in [0.4, 0.5) is 0 Å². The van der Waals surface area contributed by atoms with E-state index in [9.17, 15) is 4.79 Å². The Balaban J connectivity index is 1.39. The third-order valence-electron chi connectivity index (χ3n) is 8.13. The Morgan fingerprint density at radius 1 is 0.949 bits per heavy atom. The zero-order chi connectivity index (χ0) is 26.3. The molecule has 1 fully saturated rings. The van der Waals surface area contributed by atoms with Crippen LogP contribution in [0.15, 0.2) is 97.0 Å². The maximum Gasteiger partial charge on any atom is 0.246 e. The molecule has 1 amide bonds. The second kappa shape index (κ2) is 9.62. The second-order valence-electron chi connectivity index (χ2n) is 10.6. The first-order valence-corrected chi connectivity index (χ1v) is 13.8. The maximum absolute atomic E-state index is 12.4. The summed E-state index contributed by atoms with van der Waals surface area (Å²) in [5.74, 6) is -0.381. The number of hydrogen-bond acceptors (Lipinski definition) is 4. The van der Waals surface area contributed by atoms with Crippen molar-refractivity contribution >= 4 is 44.3 Å². The molecule has 1 aliphatic carbocycles. The van der Waals surface area contributed by atoms with Gasteiger partial charge in [-0.15, -0.1) is 0 Å². The van der Waals surface area contributed by atoms with Crippen molar-refractivity contribution in [3.63, 3.8) is 0 Å². The number of allylic oxidation sites excluding steroid dienone is 2. The number of amides is 1. The number of primary amides is 1. The highest BCUT2D eigenvalue weighted by molar-refractivity contribution is 6.16. The average Bonchev–Trinajstić information content (AvgIpc) is 3.32. The number of benzene rings is 3. The van der Waals surface area contributed by atoms with E-state index in [2.05, 4.69) is 75.9 Å². The van der Waals surface area contributed by atoms with Crippen LogP contribution in [0.5, 0.6) is 0 Å². The minimum Gasteiger partial charge on any atom is -0.383 e. The van der Waals surface area contributed by atoms with Crippen molar-refractivity contribution < 1.29 is 4.79 Å². The number of para-hydroxylation sites is 2. The molecule has 4 N–H and O–H groups in total. The maximum atomic E-state index is 12.4. The summed E-state index contributed by atoms with van der Waals surface area (Å²) in [6.07, 6.45) is 11.9. The van der Waals surface area contributed by atoms with E-state index in [-0.39, 0.29) is 5.91 Å². The van der Waals surface area contributed by atoms with Crippen molar-refractivity contribution in [3.05, 3.63) is 97.0 Å². The lowest BCUT2D eigenvalue weighted by Gasteiger charge is -2.30. The van der Waals surface area contributed by atoms with Crippen LogP contribution in [0.1, 0.15) is 32.1 Å². The summed E-state index contributed by atoms with van der Waals surface area (Å²) in [5, 5.41) is 10.4. The summed E-state index contributed by atoms with van der Waals surface area (Å²) in [6.45, 7) is 0. The molecule has 3 aromatic carbocycles. The first-order chi connectivity index (χ1) is 19.2. The van der Waals surface area contributed by atoms with E-state index < -0.39 is 6.04 Å². The fourth-order valence-corrected chi connectivity index (χ4v) is 6.27. The fourth-order valence-electron chi connectivity index (χ4n) is 6.27. The summed E-state index contributed by atoms with van der Waals surface area (Å²) in [5.41, 5.74) is 13.0. The Labute approximate surface area is 227 Å². The molecule has 0 saturated heterocycles. The fraction of sp³-hybridized carbons (Fsp3) is 0.212. The summed E-state index contributed by atoms with van der Waals surface area (Å²) in [6, 6.07) is 25.2. The lowest BCUT2D eigenvalue weighted by Crippen LogP contribution is -2.48. The highest BCUT2D eigenvalue weighted by Gasteiger charge is 2.27. The highest BCUT2D eigenvalue weighted by atomic mass is 16.1. The van der Waals surface area contributed by atoms with Crippen molar-refractivity contribution in [1.29, 1.82) is 0 Å². The Morgan fingerprint density at radius 2 is 1.74 bits per heavy atom. The van der Waals surface area contributed by atoms with Crippen LogP contribution >= 0.6 is 0 Å². The minimum atomic E-state index is -0.567. The van der Waals surface area contributed by atoms with Gasteiger partial charge >= 0.3 is 0 Å². The number of nitrogens with zero attached hydrogens (tertiary/aromatic N) is 2. The molecule has 1 unspecified atom stereocenters. The minimum absolute atomic E-state index is 0.359. The van der Waals surface area contributed by atoms with Gasteiger partial charge in [0.2, 0.25) is 5.91 Å². The van der Waals surface area contributed by atoms with E-state index in [4.69, 9.17) is 10.7 Å². The summed E-state index contributed by atoms with van der Waals surface area (Å²) < 4.78 is 2.27. The third-order valence-corrected chi connectivity index (χ3v) is 8.13. The molecule has 6 heteroatoms. The number of pyridine rings is 1. The van der Waals surface area contributed by atoms with Crippen LogP contribution in [0.2, 0.25) is 0 Å². The van der Waals surface area contributed by atoms with Gasteiger partial charge in [0.05, 0.1) is 22.2 Å². The molecule has 39 heavy (non-hydrogen) atoms. The Kier molecular flexibility index (Phi) is 5.81. The van der Waals surface area contributed by atoms with Crippen LogP contribution in [-0.2, 0) is 4.79 Å². The van der Waals surface area contributed by atoms with E-state index in [1.807, 2.05) is 30.6 Å². The zero-order valence-electron chi connectivity index (χ0n) is 21.7. The quantitative estimate of drug-likeness (QED) is 0.266. The molecule has 6 nitrogen and oxygen atoms in total. The van der Waals surface area contributed by atoms with E-state index in [0.29, 0.717) is 6.04 Å². The molecule has 0 radical (unpaired) electrons. The number of hydrogen-bond donors (Lipinski definition) is 3. The van der Waals surface area contributed by atoms with Gasteiger partial charge in [0.1, 0.15) is 6.04 Å². The molecule has 2 aromatic heterocycles. The molecule has 0 spiro atoms. The molecule has 1 aliphatic heterocycles. The van der Waals surface area contributed by atoms with Crippen molar-refractivity contribution in [2.45, 2.75) is 44.2 Å². The second-order valence-corrected chi connectivity index (χ2v) is 10.6. The lowest BCUT2D eigenvalue weighted by molar-refractivity contribution is -0.119. The SMILES string of the molecule is NC(=O)C1NC=C(n2c3ccccc3c3c(-c4cnc5ccccc5c4)cccc32)C=C1NC1CCCCC1. The predicted octanol–water partition coefficient (Wildman–Crippen LogP) is 6.07. The predicted molar refractivity (Wildman–Crippen MR) is 159 cm³/mol. The number of carbonyl (C=O) groups excluding carboxylic acids is 1. The molecule has 2 aliphatic rings. The molecule has 1 atom stereocenters. The van der Waals surface area contributed by atoms with Crippen LogP contribution in [0.25, 0.3) is 49.5 Å². The van der Waals surface area contributed by atoms with Gasteiger partial charge in [-0.05, 0) is 48.7 Å². The summed E-state index contributed by atoms with van der Waals surface area (Å²) >= 11 is 0. The molecule has 3 heterocycles. The van der Waals surface area contributed by atoms with Crippen molar-refractivity contribution in [1.82, 2.24) is 20.2 Å². The van der Waals surface area contributed by atoms with E-state index in [1.54, 1.807) is 0 Å². The highest BCUT2D eigenvalue weighted by Crippen LogP contribution is 2.39. The lowest BCUT2D eigenvalue weighted by atomic mass is 9.94. The largest absolute Gasteiger partial charge is 0.383 e. The van der Waals surface area contributed by atoms with Crippen LogP contribution in [0, 0.1) is 0 Å². The van der Waals surface area contributed by atoms with Crippen molar-refractivity contribution in [2.24, 2.45) is 5.73 Å². The number of rotatable bonds is 5. The number of nitrogens with two attached hydrogens (primary N) is 1. The van der Waals surface area contributed by atoms with Gasteiger partial charge in [-0.1, -0.05) is 67.8 Å². The van der Waals surface area contributed by atoms with Crippen LogP contribution in [-0.4, -0.2) is 27.5 Å². The average molecular weight is 514 g/mol. The van der Waals surface area contributed by atoms with Crippen LogP contribution < -0.4 is 16.4 Å². The van der Waals surface area contributed by atoms with Gasteiger partial charge in [-0.2, -0.15) is 0 Å². The van der Waals surface area contributed by atoms with Gasteiger partial charge in [-0.25, -0.2) is 0 Å². The molecular formula is C33H31N5O. The Morgan fingerprint density at radius 3 is 2.62 bits per heavy atom. The standard InChI is InChI=1S/C33H31N5O/c34-33(39)32-28(37-23-10-2-1-3-11-23)18-24(20-36-32)38-29-15-7-5-12-26(29)31-25(13-8-16-30(31)38)22-17-21-9-4-6-14-27(21)35-19-22/h4-9,12-20,23,32,36-37H,1-3,10-11H2,(H2,34,39). The monoisotopic (exact) mass is 513 g/mol. The summed E-state index contributed by atoms with van der Waals surface area (Å²) in [7, 11) is 0. The normalized spacial score (nSPS) is 18.1. The van der Waals surface area contributed by atoms with E-state index >= 15 is 0 Å².